The van der Waals surface area contributed by atoms with Crippen molar-refractivity contribution in [2.45, 2.75) is 0 Å². The molecule has 0 aliphatic carbocycles. The summed E-state index contributed by atoms with van der Waals surface area (Å²) in [6.07, 6.45) is 3.41. The molecular weight excluding hydrogens is 382 g/mol. The molecular formula is C16H10FIN2O. The number of benzene rings is 2. The number of aromatic nitrogens is 1. The average Bonchev–Trinajstić information content (AvgIpc) is 2.47. The number of hydrogen-bond donors (Lipinski definition) is 1. The molecule has 1 heterocycles. The molecule has 5 heteroatoms. The highest BCUT2D eigenvalue weighted by Gasteiger charge is 2.12. The van der Waals surface area contributed by atoms with Crippen molar-refractivity contribution in [3.63, 3.8) is 0 Å². The van der Waals surface area contributed by atoms with Crippen LogP contribution in [0.4, 0.5) is 10.1 Å². The lowest BCUT2D eigenvalue weighted by Crippen LogP contribution is -2.13. The molecule has 3 rings (SSSR count). The van der Waals surface area contributed by atoms with Gasteiger partial charge in [-0.25, -0.2) is 4.39 Å². The van der Waals surface area contributed by atoms with Gasteiger partial charge in [-0.3, -0.25) is 9.78 Å². The normalized spacial score (nSPS) is 10.6. The van der Waals surface area contributed by atoms with E-state index in [1.165, 1.54) is 18.2 Å². The standard InChI is InChI=1S/C16H10FIN2O/c17-11-4-5-12(14(18)8-11)16(21)20-15-3-1-2-10-6-7-19-9-13(10)15/h1-9H,(H,20,21). The quantitative estimate of drug-likeness (QED) is 0.664. The van der Waals surface area contributed by atoms with Crippen LogP contribution in [0, 0.1) is 9.39 Å². The number of pyridine rings is 1. The fourth-order valence-corrected chi connectivity index (χ4v) is 2.81. The van der Waals surface area contributed by atoms with Crippen molar-refractivity contribution in [1.82, 2.24) is 4.98 Å². The van der Waals surface area contributed by atoms with Crippen LogP contribution in [0.3, 0.4) is 0 Å². The number of carbonyl (C=O) groups is 1. The number of nitrogens with one attached hydrogen (secondary N) is 1. The smallest absolute Gasteiger partial charge is 0.256 e. The van der Waals surface area contributed by atoms with Gasteiger partial charge in [0.15, 0.2) is 0 Å². The summed E-state index contributed by atoms with van der Waals surface area (Å²) in [5, 5.41) is 4.72. The van der Waals surface area contributed by atoms with Crippen molar-refractivity contribution >= 4 is 45.0 Å². The third-order valence-electron chi connectivity index (χ3n) is 3.11. The highest BCUT2D eigenvalue weighted by atomic mass is 127. The largest absolute Gasteiger partial charge is 0.321 e. The molecule has 3 aromatic rings. The van der Waals surface area contributed by atoms with E-state index in [-0.39, 0.29) is 11.7 Å². The van der Waals surface area contributed by atoms with Crippen LogP contribution >= 0.6 is 22.6 Å². The Morgan fingerprint density at radius 3 is 2.86 bits per heavy atom. The van der Waals surface area contributed by atoms with Gasteiger partial charge in [-0.2, -0.15) is 0 Å². The van der Waals surface area contributed by atoms with Crippen molar-refractivity contribution in [1.29, 1.82) is 0 Å². The first-order chi connectivity index (χ1) is 10.1. The molecule has 0 aliphatic heterocycles. The second kappa shape index (κ2) is 5.77. The lowest BCUT2D eigenvalue weighted by Gasteiger charge is -2.09. The summed E-state index contributed by atoms with van der Waals surface area (Å²) in [7, 11) is 0. The summed E-state index contributed by atoms with van der Waals surface area (Å²) >= 11 is 1.95. The van der Waals surface area contributed by atoms with Gasteiger partial charge in [-0.15, -0.1) is 0 Å². The fourth-order valence-electron chi connectivity index (χ4n) is 2.09. The molecule has 0 saturated carbocycles. The zero-order chi connectivity index (χ0) is 14.8. The molecule has 0 aliphatic rings. The third kappa shape index (κ3) is 2.87. The summed E-state index contributed by atoms with van der Waals surface area (Å²) in [6.45, 7) is 0. The van der Waals surface area contributed by atoms with Gasteiger partial charge in [0.1, 0.15) is 5.82 Å². The molecule has 1 amide bonds. The van der Waals surface area contributed by atoms with Gasteiger partial charge >= 0.3 is 0 Å². The number of amides is 1. The maximum atomic E-state index is 13.1. The van der Waals surface area contributed by atoms with Crippen molar-refractivity contribution in [3.05, 3.63) is 69.8 Å². The van der Waals surface area contributed by atoms with Gasteiger partial charge in [-0.05, 0) is 58.3 Å². The van der Waals surface area contributed by atoms with E-state index in [1.54, 1.807) is 12.4 Å². The molecule has 104 valence electrons. The minimum Gasteiger partial charge on any atom is -0.321 e. The number of nitrogens with zero attached hydrogens (tertiary/aromatic N) is 1. The predicted molar refractivity (Wildman–Crippen MR) is 88.8 cm³/mol. The molecule has 0 unspecified atom stereocenters. The van der Waals surface area contributed by atoms with E-state index in [2.05, 4.69) is 10.3 Å². The first-order valence-electron chi connectivity index (χ1n) is 6.24. The Kier molecular flexibility index (Phi) is 3.83. The summed E-state index contributed by atoms with van der Waals surface area (Å²) < 4.78 is 13.7. The van der Waals surface area contributed by atoms with E-state index in [9.17, 15) is 9.18 Å². The van der Waals surface area contributed by atoms with E-state index in [4.69, 9.17) is 0 Å². The molecule has 2 aromatic carbocycles. The van der Waals surface area contributed by atoms with Crippen LogP contribution in [0.5, 0.6) is 0 Å². The lowest BCUT2D eigenvalue weighted by atomic mass is 10.1. The van der Waals surface area contributed by atoms with Crippen LogP contribution in [-0.4, -0.2) is 10.9 Å². The second-order valence-corrected chi connectivity index (χ2v) is 5.64. The maximum absolute atomic E-state index is 13.1. The highest BCUT2D eigenvalue weighted by Crippen LogP contribution is 2.23. The Balaban J connectivity index is 1.97. The molecule has 0 spiro atoms. The Hall–Kier alpha value is -2.02. The van der Waals surface area contributed by atoms with Crippen LogP contribution in [0.2, 0.25) is 0 Å². The van der Waals surface area contributed by atoms with E-state index < -0.39 is 0 Å². The molecule has 1 N–H and O–H groups in total. The number of halogens is 2. The number of anilines is 1. The molecule has 0 saturated heterocycles. The SMILES string of the molecule is O=C(Nc1cccc2ccncc12)c1ccc(F)cc1I. The molecule has 21 heavy (non-hydrogen) atoms. The molecule has 1 aromatic heterocycles. The van der Waals surface area contributed by atoms with E-state index in [1.807, 2.05) is 46.9 Å². The minimum absolute atomic E-state index is 0.268. The average molecular weight is 392 g/mol. The second-order valence-electron chi connectivity index (χ2n) is 4.48. The van der Waals surface area contributed by atoms with Gasteiger partial charge in [0.25, 0.3) is 5.91 Å². The Labute approximate surface area is 134 Å². The number of fused-ring (bicyclic) bond motifs is 1. The van der Waals surface area contributed by atoms with Gasteiger partial charge in [0.05, 0.1) is 11.3 Å². The van der Waals surface area contributed by atoms with Crippen molar-refractivity contribution < 1.29 is 9.18 Å². The maximum Gasteiger partial charge on any atom is 0.256 e. The Morgan fingerprint density at radius 2 is 2.05 bits per heavy atom. The highest BCUT2D eigenvalue weighted by molar-refractivity contribution is 14.1. The van der Waals surface area contributed by atoms with Crippen molar-refractivity contribution in [3.8, 4) is 0 Å². The summed E-state index contributed by atoms with van der Waals surface area (Å²) in [5.74, 6) is -0.624. The first-order valence-corrected chi connectivity index (χ1v) is 7.32. The summed E-state index contributed by atoms with van der Waals surface area (Å²) in [4.78, 5) is 16.4. The van der Waals surface area contributed by atoms with Crippen molar-refractivity contribution in [2.75, 3.05) is 5.32 Å². The summed E-state index contributed by atoms with van der Waals surface area (Å²) in [5.41, 5.74) is 1.13. The van der Waals surface area contributed by atoms with Gasteiger partial charge in [0, 0.05) is 21.4 Å². The Morgan fingerprint density at radius 1 is 1.19 bits per heavy atom. The van der Waals surface area contributed by atoms with Crippen LogP contribution < -0.4 is 5.32 Å². The topological polar surface area (TPSA) is 42.0 Å². The van der Waals surface area contributed by atoms with E-state index in [0.29, 0.717) is 14.8 Å². The number of carbonyl (C=O) groups excluding carboxylic acids is 1. The number of rotatable bonds is 2. The van der Waals surface area contributed by atoms with Crippen LogP contribution in [0.15, 0.2) is 54.9 Å². The van der Waals surface area contributed by atoms with Gasteiger partial charge < -0.3 is 5.32 Å². The molecule has 0 bridgehead atoms. The minimum atomic E-state index is -0.356. The van der Waals surface area contributed by atoms with Crippen LogP contribution in [-0.2, 0) is 0 Å². The molecule has 3 nitrogen and oxygen atoms in total. The van der Waals surface area contributed by atoms with Crippen molar-refractivity contribution in [2.24, 2.45) is 0 Å². The lowest BCUT2D eigenvalue weighted by molar-refractivity contribution is 0.102. The van der Waals surface area contributed by atoms with Gasteiger partial charge in [0.2, 0.25) is 0 Å². The third-order valence-corrected chi connectivity index (χ3v) is 4.00. The molecule has 0 atom stereocenters. The van der Waals surface area contributed by atoms with E-state index in [0.717, 1.165) is 10.8 Å². The fraction of sp³-hybridized carbons (Fsp3) is 0. The predicted octanol–water partition coefficient (Wildman–Crippen LogP) is 4.23. The summed E-state index contributed by atoms with van der Waals surface area (Å²) in [6, 6.07) is 11.6. The van der Waals surface area contributed by atoms with Crippen LogP contribution in [0.1, 0.15) is 10.4 Å². The molecule has 0 fully saturated rings. The van der Waals surface area contributed by atoms with Gasteiger partial charge in [-0.1, -0.05) is 12.1 Å². The Bertz CT molecular complexity index is 830. The monoisotopic (exact) mass is 392 g/mol. The molecule has 0 radical (unpaired) electrons. The first kappa shape index (κ1) is 13.9. The van der Waals surface area contributed by atoms with E-state index >= 15 is 0 Å². The zero-order valence-electron chi connectivity index (χ0n) is 10.8. The van der Waals surface area contributed by atoms with Crippen LogP contribution in [0.25, 0.3) is 10.8 Å². The zero-order valence-corrected chi connectivity index (χ0v) is 13.0. The number of hydrogen-bond acceptors (Lipinski definition) is 2.